The van der Waals surface area contributed by atoms with Gasteiger partial charge in [0.25, 0.3) is 0 Å². The topological polar surface area (TPSA) is 9.23 Å². The highest BCUT2D eigenvalue weighted by molar-refractivity contribution is 5.64. The predicted octanol–water partition coefficient (Wildman–Crippen LogP) is 21.9. The summed E-state index contributed by atoms with van der Waals surface area (Å²) in [5.41, 5.74) is 5.37. The normalized spacial score (nSPS) is 25.6. The van der Waals surface area contributed by atoms with Gasteiger partial charge in [0, 0.05) is 0 Å². The van der Waals surface area contributed by atoms with Gasteiger partial charge in [-0.05, 0) is 182 Å². The Hall–Kier alpha value is -3.44. The average Bonchev–Trinajstić information content (AvgIpc) is 3.43. The van der Waals surface area contributed by atoms with Crippen molar-refractivity contribution in [3.8, 4) is 22.3 Å². The van der Waals surface area contributed by atoms with Crippen LogP contribution in [0.2, 0.25) is 0 Å². The Bertz CT molecular complexity index is 2010. The molecule has 73 heavy (non-hydrogen) atoms. The van der Waals surface area contributed by atoms with Gasteiger partial charge in [-0.15, -0.1) is 0 Å². The van der Waals surface area contributed by atoms with Crippen LogP contribution in [-0.4, -0.2) is 0 Å². The van der Waals surface area contributed by atoms with Gasteiger partial charge in [0.15, 0.2) is 23.3 Å². The van der Waals surface area contributed by atoms with E-state index in [4.69, 9.17) is 4.74 Å². The molecule has 0 aliphatic heterocycles. The summed E-state index contributed by atoms with van der Waals surface area (Å²) < 4.78 is 64.7. The first-order valence-electron chi connectivity index (χ1n) is 30.5. The molecular formula is C68H94F4O. The van der Waals surface area contributed by atoms with E-state index < -0.39 is 23.3 Å². The Kier molecular flexibility index (Phi) is 22.3. The van der Waals surface area contributed by atoms with E-state index in [0.29, 0.717) is 23.0 Å². The molecule has 4 aromatic rings. The highest BCUT2D eigenvalue weighted by Crippen LogP contribution is 2.51. The van der Waals surface area contributed by atoms with E-state index in [1.165, 1.54) is 204 Å². The van der Waals surface area contributed by atoms with Crippen molar-refractivity contribution in [3.63, 3.8) is 0 Å². The molecule has 4 aliphatic rings. The van der Waals surface area contributed by atoms with Gasteiger partial charge in [0.05, 0.1) is 12.2 Å². The summed E-state index contributed by atoms with van der Waals surface area (Å²) in [6.07, 6.45) is 43.0. The van der Waals surface area contributed by atoms with E-state index in [1.54, 1.807) is 12.1 Å². The van der Waals surface area contributed by atoms with E-state index in [1.807, 2.05) is 0 Å². The van der Waals surface area contributed by atoms with Crippen LogP contribution in [0.4, 0.5) is 17.6 Å². The molecule has 4 aliphatic carbocycles. The Labute approximate surface area is 440 Å². The van der Waals surface area contributed by atoms with E-state index in [-0.39, 0.29) is 12.2 Å². The lowest BCUT2D eigenvalue weighted by molar-refractivity contribution is -0.0934. The Morgan fingerprint density at radius 1 is 0.342 bits per heavy atom. The highest BCUT2D eigenvalue weighted by atomic mass is 19.2. The van der Waals surface area contributed by atoms with Crippen molar-refractivity contribution >= 4 is 0 Å². The average molecular weight is 1000 g/mol. The van der Waals surface area contributed by atoms with Crippen LogP contribution in [0, 0.1) is 70.6 Å². The lowest BCUT2D eigenvalue weighted by Gasteiger charge is -2.43. The van der Waals surface area contributed by atoms with Gasteiger partial charge in [-0.2, -0.15) is 0 Å². The molecule has 0 aromatic heterocycles. The Morgan fingerprint density at radius 3 is 0.973 bits per heavy atom. The molecule has 5 heteroatoms. The lowest BCUT2D eigenvalue weighted by atomic mass is 9.67. The second kappa shape index (κ2) is 29.2. The first-order valence-corrected chi connectivity index (χ1v) is 30.5. The van der Waals surface area contributed by atoms with Gasteiger partial charge in [0.1, 0.15) is 0 Å². The molecule has 0 amide bonds. The monoisotopic (exact) mass is 1000 g/mol. The minimum absolute atomic E-state index is 0.113. The Morgan fingerprint density at radius 2 is 0.644 bits per heavy atom. The smallest absolute Gasteiger partial charge is 0.159 e. The molecule has 8 rings (SSSR count). The Balaban J connectivity index is 0.954. The first-order chi connectivity index (χ1) is 35.8. The van der Waals surface area contributed by atoms with Gasteiger partial charge >= 0.3 is 0 Å². The van der Waals surface area contributed by atoms with E-state index in [9.17, 15) is 17.6 Å². The first kappa shape index (κ1) is 55.8. The molecule has 0 spiro atoms. The van der Waals surface area contributed by atoms with E-state index in [0.717, 1.165) is 83.4 Å². The van der Waals surface area contributed by atoms with Crippen LogP contribution in [0.25, 0.3) is 22.3 Å². The summed E-state index contributed by atoms with van der Waals surface area (Å²) in [6.45, 7) is 4.60. The summed E-state index contributed by atoms with van der Waals surface area (Å²) in [5, 5.41) is 0. The van der Waals surface area contributed by atoms with Crippen LogP contribution in [-0.2, 0) is 4.74 Å². The largest absolute Gasteiger partial charge is 0.365 e. The maximum Gasteiger partial charge on any atom is 0.159 e. The molecule has 0 saturated heterocycles. The summed E-state index contributed by atoms with van der Waals surface area (Å²) in [7, 11) is 0. The number of hydrogen-bond acceptors (Lipinski definition) is 1. The molecule has 0 bridgehead atoms. The lowest BCUT2D eigenvalue weighted by Crippen LogP contribution is -2.31. The zero-order valence-corrected chi connectivity index (χ0v) is 45.4. The van der Waals surface area contributed by atoms with Crippen molar-refractivity contribution in [2.24, 2.45) is 47.3 Å². The van der Waals surface area contributed by atoms with Crippen LogP contribution in [0.3, 0.4) is 0 Å². The maximum absolute atomic E-state index is 14.5. The summed E-state index contributed by atoms with van der Waals surface area (Å²) in [6, 6.07) is 25.3. The van der Waals surface area contributed by atoms with Crippen molar-refractivity contribution in [2.75, 3.05) is 0 Å². The van der Waals surface area contributed by atoms with Gasteiger partial charge in [-0.25, -0.2) is 17.6 Å². The third-order valence-corrected chi connectivity index (χ3v) is 19.3. The third-order valence-electron chi connectivity index (χ3n) is 19.3. The molecule has 2 atom stereocenters. The molecule has 400 valence electrons. The second-order valence-corrected chi connectivity index (χ2v) is 24.2. The molecule has 1 nitrogen and oxygen atoms in total. The van der Waals surface area contributed by atoms with E-state index >= 15 is 0 Å². The fourth-order valence-corrected chi connectivity index (χ4v) is 14.7. The van der Waals surface area contributed by atoms with Crippen LogP contribution in [0.15, 0.2) is 84.9 Å². The van der Waals surface area contributed by atoms with Crippen LogP contribution >= 0.6 is 0 Å². The molecule has 4 fully saturated rings. The third kappa shape index (κ3) is 16.3. The molecule has 4 aromatic carbocycles. The quantitative estimate of drug-likeness (QED) is 0.0450. The van der Waals surface area contributed by atoms with Gasteiger partial charge in [-0.1, -0.05) is 203 Å². The second-order valence-electron chi connectivity index (χ2n) is 24.2. The number of unbranched alkanes of at least 4 members (excludes halogenated alkanes) is 12. The maximum atomic E-state index is 14.5. The van der Waals surface area contributed by atoms with Crippen molar-refractivity contribution in [1.82, 2.24) is 0 Å². The number of rotatable bonds is 26. The predicted molar refractivity (Wildman–Crippen MR) is 297 cm³/mol. The summed E-state index contributed by atoms with van der Waals surface area (Å²) in [4.78, 5) is 0. The van der Waals surface area contributed by atoms with Crippen molar-refractivity contribution in [3.05, 3.63) is 119 Å². The number of hydrogen-bond donors (Lipinski definition) is 0. The zero-order chi connectivity index (χ0) is 50.8. The zero-order valence-electron chi connectivity index (χ0n) is 45.4. The summed E-state index contributed by atoms with van der Waals surface area (Å²) >= 11 is 0. The van der Waals surface area contributed by atoms with Crippen LogP contribution in [0.5, 0.6) is 0 Å². The molecule has 0 heterocycles. The molecule has 2 unspecified atom stereocenters. The number of benzene rings is 4. The molecule has 0 radical (unpaired) electrons. The van der Waals surface area contributed by atoms with Crippen molar-refractivity contribution in [2.45, 2.75) is 232 Å². The number of halogens is 4. The van der Waals surface area contributed by atoms with Crippen molar-refractivity contribution in [1.29, 1.82) is 0 Å². The molecule has 4 saturated carbocycles. The summed E-state index contributed by atoms with van der Waals surface area (Å²) in [5.74, 6) is 2.53. The minimum atomic E-state index is -0.833. The minimum Gasteiger partial charge on any atom is -0.365 e. The van der Waals surface area contributed by atoms with Crippen molar-refractivity contribution < 1.29 is 22.3 Å². The fraction of sp³-hybridized carbons (Fsp3) is 0.647. The fourth-order valence-electron chi connectivity index (χ4n) is 14.7. The van der Waals surface area contributed by atoms with Gasteiger partial charge < -0.3 is 4.74 Å². The molecular weight excluding hydrogens is 909 g/mol. The van der Waals surface area contributed by atoms with Gasteiger partial charge in [-0.3, -0.25) is 0 Å². The number of ether oxygens (including phenoxy) is 1. The highest BCUT2D eigenvalue weighted by Gasteiger charge is 2.39. The van der Waals surface area contributed by atoms with E-state index in [2.05, 4.69) is 62.4 Å². The standard InChI is InChI=1S/C68H94F4O/c1-3-5-7-9-11-13-15-17-49-19-23-51(24-20-49)53-27-35-57(36-28-53)67(59-39-31-55(32-40-59)61-43-45-63(69)65(71)47-61)73-68(60-41-33-56(34-42-60)62-44-46-64(70)66(72)48-62)58-37-29-54(30-38-58)52-25-21-50(22-26-52)18-16-14-12-10-8-6-4-2/h31-34,39-54,57-58,67-68H,3-30,35-38H2,1-2H3/t49-,50-,51-,52-,53-,54-,57-,58-,67?,68?. The van der Waals surface area contributed by atoms with Crippen LogP contribution in [0.1, 0.15) is 243 Å². The van der Waals surface area contributed by atoms with Gasteiger partial charge in [0.2, 0.25) is 0 Å². The van der Waals surface area contributed by atoms with Crippen LogP contribution < -0.4 is 0 Å². The molecule has 0 N–H and O–H groups in total. The SMILES string of the molecule is CCCCCCCCC[C@H]1CC[C@H]([C@H]2CC[C@H](C(OC(c3ccc(-c4ccc(F)c(F)c4)cc3)[C@H]3CC[C@H]([C@H]4CC[C@H](CCCCCCCCC)CC4)CC3)c3ccc(-c4ccc(F)c(F)c4)cc3)CC2)CC1.